The van der Waals surface area contributed by atoms with Crippen LogP contribution in [0.5, 0.6) is 11.5 Å². The van der Waals surface area contributed by atoms with Crippen LogP contribution < -0.4 is 15.5 Å². The molecule has 0 aliphatic carbocycles. The quantitative estimate of drug-likeness (QED) is 0.405. The molecule has 0 aliphatic heterocycles. The predicted molar refractivity (Wildman–Crippen MR) is 109 cm³/mol. The number of nitrogens with one attached hydrogen (secondary N) is 2. The summed E-state index contributed by atoms with van der Waals surface area (Å²) in [5.41, 5.74) is 4.38. The van der Waals surface area contributed by atoms with Gasteiger partial charge in [0, 0.05) is 5.69 Å². The molecule has 3 aromatic rings. The minimum absolute atomic E-state index is 0.581. The first-order valence-electron chi connectivity index (χ1n) is 8.65. The molecule has 0 saturated heterocycles. The number of rotatable bonds is 5. The molecule has 2 N–H and O–H groups in total. The number of hydrazone groups is 1. The van der Waals surface area contributed by atoms with Gasteiger partial charge in [-0.1, -0.05) is 48.5 Å². The van der Waals surface area contributed by atoms with E-state index < -0.39 is 11.8 Å². The minimum Gasteiger partial charge on any atom is -0.457 e. The number of carbonyl (C=O) groups is 2. The average Bonchev–Trinajstić information content (AvgIpc) is 2.70. The Hall–Kier alpha value is -3.93. The summed E-state index contributed by atoms with van der Waals surface area (Å²) >= 11 is 0. The lowest BCUT2D eigenvalue weighted by atomic mass is 10.2. The van der Waals surface area contributed by atoms with Crippen LogP contribution in [0, 0.1) is 6.92 Å². The molecule has 0 fully saturated rings. The lowest BCUT2D eigenvalue weighted by Crippen LogP contribution is -2.32. The first-order chi connectivity index (χ1) is 13.6. The van der Waals surface area contributed by atoms with Crippen molar-refractivity contribution < 1.29 is 14.3 Å². The van der Waals surface area contributed by atoms with E-state index >= 15 is 0 Å². The van der Waals surface area contributed by atoms with Gasteiger partial charge < -0.3 is 10.1 Å². The Morgan fingerprint density at radius 1 is 0.857 bits per heavy atom. The number of anilines is 1. The van der Waals surface area contributed by atoms with Gasteiger partial charge in [0.25, 0.3) is 0 Å². The highest BCUT2D eigenvalue weighted by molar-refractivity contribution is 6.39. The zero-order chi connectivity index (χ0) is 19.8. The fraction of sp³-hybridized carbons (Fsp3) is 0.0455. The third-order valence-corrected chi connectivity index (χ3v) is 3.82. The maximum atomic E-state index is 11.9. The Balaban J connectivity index is 1.56. The molecule has 0 unspecified atom stereocenters. The minimum atomic E-state index is -0.851. The second-order valence-corrected chi connectivity index (χ2v) is 5.96. The topological polar surface area (TPSA) is 79.8 Å². The summed E-state index contributed by atoms with van der Waals surface area (Å²) in [5, 5.41) is 6.38. The van der Waals surface area contributed by atoms with E-state index in [1.54, 1.807) is 24.3 Å². The molecule has 0 atom stereocenters. The van der Waals surface area contributed by atoms with E-state index in [4.69, 9.17) is 4.74 Å². The number of nitrogens with zero attached hydrogens (tertiary/aromatic N) is 1. The molecule has 0 bridgehead atoms. The molecule has 0 heterocycles. The highest BCUT2D eigenvalue weighted by Crippen LogP contribution is 2.21. The van der Waals surface area contributed by atoms with Gasteiger partial charge in [-0.25, -0.2) is 5.43 Å². The summed E-state index contributed by atoms with van der Waals surface area (Å²) in [6.07, 6.45) is 1.44. The average molecular weight is 373 g/mol. The number of aryl methyl sites for hydroxylation is 1. The lowest BCUT2D eigenvalue weighted by Gasteiger charge is -2.07. The van der Waals surface area contributed by atoms with Crippen molar-refractivity contribution >= 4 is 23.7 Å². The third-order valence-electron chi connectivity index (χ3n) is 3.82. The van der Waals surface area contributed by atoms with Gasteiger partial charge in [-0.2, -0.15) is 5.10 Å². The van der Waals surface area contributed by atoms with Crippen LogP contribution in [0.1, 0.15) is 11.1 Å². The van der Waals surface area contributed by atoms with Crippen LogP contribution in [-0.2, 0) is 9.59 Å². The summed E-state index contributed by atoms with van der Waals surface area (Å²) in [6.45, 7) is 1.84. The summed E-state index contributed by atoms with van der Waals surface area (Å²) in [4.78, 5) is 23.8. The van der Waals surface area contributed by atoms with Crippen molar-refractivity contribution in [2.75, 3.05) is 5.32 Å². The second kappa shape index (κ2) is 9.14. The van der Waals surface area contributed by atoms with Crippen molar-refractivity contribution in [2.24, 2.45) is 5.10 Å². The van der Waals surface area contributed by atoms with Gasteiger partial charge in [-0.05, 0) is 48.4 Å². The van der Waals surface area contributed by atoms with Crippen LogP contribution in [-0.4, -0.2) is 18.0 Å². The molecular formula is C22H19N3O3. The standard InChI is InChI=1S/C22H19N3O3/c1-16-8-5-6-13-20(16)24-21(26)22(27)25-23-15-17-9-7-12-19(14-17)28-18-10-3-2-4-11-18/h2-15H,1H3,(H,24,26)(H,25,27)/b23-15-. The van der Waals surface area contributed by atoms with Crippen molar-refractivity contribution in [3.8, 4) is 11.5 Å². The van der Waals surface area contributed by atoms with E-state index in [0.29, 0.717) is 17.0 Å². The highest BCUT2D eigenvalue weighted by atomic mass is 16.5. The van der Waals surface area contributed by atoms with Crippen LogP contribution >= 0.6 is 0 Å². The van der Waals surface area contributed by atoms with Crippen LogP contribution in [0.15, 0.2) is 84.0 Å². The fourth-order valence-corrected chi connectivity index (χ4v) is 2.39. The largest absolute Gasteiger partial charge is 0.457 e. The zero-order valence-electron chi connectivity index (χ0n) is 15.3. The Labute approximate surface area is 162 Å². The van der Waals surface area contributed by atoms with Crippen molar-refractivity contribution in [3.05, 3.63) is 90.0 Å². The summed E-state index contributed by atoms with van der Waals surface area (Å²) in [5.74, 6) is -0.277. The van der Waals surface area contributed by atoms with Gasteiger partial charge >= 0.3 is 11.8 Å². The van der Waals surface area contributed by atoms with E-state index in [2.05, 4.69) is 15.8 Å². The number of para-hydroxylation sites is 2. The maximum absolute atomic E-state index is 11.9. The third kappa shape index (κ3) is 5.28. The molecule has 3 aromatic carbocycles. The molecule has 0 spiro atoms. The molecule has 3 rings (SSSR count). The van der Waals surface area contributed by atoms with E-state index in [1.165, 1.54) is 6.21 Å². The first-order valence-corrected chi connectivity index (χ1v) is 8.65. The molecule has 0 aromatic heterocycles. The van der Waals surface area contributed by atoms with E-state index in [0.717, 1.165) is 11.3 Å². The molecule has 6 heteroatoms. The summed E-state index contributed by atoms with van der Waals surface area (Å²) in [6, 6.07) is 23.8. The molecule has 0 radical (unpaired) electrons. The van der Waals surface area contributed by atoms with Gasteiger partial charge in [0.1, 0.15) is 11.5 Å². The highest BCUT2D eigenvalue weighted by Gasteiger charge is 2.13. The monoisotopic (exact) mass is 373 g/mol. The van der Waals surface area contributed by atoms with E-state index in [-0.39, 0.29) is 0 Å². The molecule has 0 aliphatic rings. The number of amides is 2. The van der Waals surface area contributed by atoms with Crippen LogP contribution in [0.25, 0.3) is 0 Å². The SMILES string of the molecule is Cc1ccccc1NC(=O)C(=O)N/N=C\c1cccc(Oc2ccccc2)c1. The Kier molecular flexibility index (Phi) is 6.15. The van der Waals surface area contributed by atoms with Crippen LogP contribution in [0.3, 0.4) is 0 Å². The van der Waals surface area contributed by atoms with E-state index in [9.17, 15) is 9.59 Å². The fourth-order valence-electron chi connectivity index (χ4n) is 2.39. The zero-order valence-corrected chi connectivity index (χ0v) is 15.3. The first kappa shape index (κ1) is 18.8. The molecule has 140 valence electrons. The van der Waals surface area contributed by atoms with E-state index in [1.807, 2.05) is 61.5 Å². The lowest BCUT2D eigenvalue weighted by molar-refractivity contribution is -0.136. The van der Waals surface area contributed by atoms with Crippen molar-refractivity contribution in [3.63, 3.8) is 0 Å². The molecule has 28 heavy (non-hydrogen) atoms. The van der Waals surface area contributed by atoms with Gasteiger partial charge in [0.15, 0.2) is 0 Å². The van der Waals surface area contributed by atoms with Gasteiger partial charge in [0.05, 0.1) is 6.21 Å². The summed E-state index contributed by atoms with van der Waals surface area (Å²) in [7, 11) is 0. The van der Waals surface area contributed by atoms with Crippen LogP contribution in [0.4, 0.5) is 5.69 Å². The Bertz CT molecular complexity index is 1000. The maximum Gasteiger partial charge on any atom is 0.329 e. The number of hydrogen-bond donors (Lipinski definition) is 2. The van der Waals surface area contributed by atoms with Gasteiger partial charge in [0.2, 0.25) is 0 Å². The number of benzene rings is 3. The second-order valence-electron chi connectivity index (χ2n) is 5.96. The molecule has 0 saturated carbocycles. The molecule has 6 nitrogen and oxygen atoms in total. The number of carbonyl (C=O) groups excluding carboxylic acids is 2. The van der Waals surface area contributed by atoms with Crippen molar-refractivity contribution in [1.29, 1.82) is 0 Å². The molecule has 2 amide bonds. The predicted octanol–water partition coefficient (Wildman–Crippen LogP) is 3.88. The van der Waals surface area contributed by atoms with Gasteiger partial charge in [-0.15, -0.1) is 0 Å². The van der Waals surface area contributed by atoms with Crippen LogP contribution in [0.2, 0.25) is 0 Å². The number of hydrogen-bond acceptors (Lipinski definition) is 4. The Morgan fingerprint density at radius 3 is 2.36 bits per heavy atom. The number of ether oxygens (including phenoxy) is 1. The van der Waals surface area contributed by atoms with Gasteiger partial charge in [-0.3, -0.25) is 9.59 Å². The summed E-state index contributed by atoms with van der Waals surface area (Å²) < 4.78 is 5.75. The Morgan fingerprint density at radius 2 is 1.57 bits per heavy atom. The smallest absolute Gasteiger partial charge is 0.329 e. The van der Waals surface area contributed by atoms with Crippen molar-refractivity contribution in [1.82, 2.24) is 5.43 Å². The van der Waals surface area contributed by atoms with Crippen molar-refractivity contribution in [2.45, 2.75) is 6.92 Å². The normalized spacial score (nSPS) is 10.5. The molecular weight excluding hydrogens is 354 g/mol.